The summed E-state index contributed by atoms with van der Waals surface area (Å²) in [5, 5.41) is 4.15. The second kappa shape index (κ2) is 3.11. The zero-order chi connectivity index (χ0) is 7.56. The zero-order valence-corrected chi connectivity index (χ0v) is 7.13. The van der Waals surface area contributed by atoms with Crippen LogP contribution in [0.5, 0.6) is 0 Å². The molecule has 1 N–H and O–H groups in total. The molecule has 0 aromatic rings. The van der Waals surface area contributed by atoms with Crippen molar-refractivity contribution in [3.8, 4) is 0 Å². The van der Waals surface area contributed by atoms with Crippen molar-refractivity contribution in [2.75, 3.05) is 6.54 Å². The van der Waals surface area contributed by atoms with E-state index in [4.69, 9.17) is 11.6 Å². The molecule has 0 saturated carbocycles. The number of halogens is 1. The number of dihydropyridines is 1. The van der Waals surface area contributed by atoms with Gasteiger partial charge in [0.1, 0.15) is 0 Å². The third kappa shape index (κ3) is 1.54. The second-order valence-corrected chi connectivity index (χ2v) is 2.95. The lowest BCUT2D eigenvalue weighted by Crippen LogP contribution is -2.19. The van der Waals surface area contributed by atoms with Crippen molar-refractivity contribution in [1.29, 1.82) is 0 Å². The van der Waals surface area contributed by atoms with Gasteiger partial charge in [0.05, 0.1) is 6.54 Å². The van der Waals surface area contributed by atoms with Crippen molar-refractivity contribution in [1.82, 2.24) is 5.32 Å². The highest BCUT2D eigenvalue weighted by Gasteiger charge is 2.04. The molecule has 0 fully saturated rings. The van der Waals surface area contributed by atoms with Crippen molar-refractivity contribution in [3.63, 3.8) is 0 Å². The molecule has 1 rings (SSSR count). The minimum atomic E-state index is 0.794. The molecule has 0 amide bonds. The van der Waals surface area contributed by atoms with E-state index in [1.807, 2.05) is 6.08 Å². The number of allylic oxidation sites excluding steroid dienone is 3. The van der Waals surface area contributed by atoms with Crippen LogP contribution in [-0.4, -0.2) is 6.54 Å². The van der Waals surface area contributed by atoms with Gasteiger partial charge in [0.15, 0.2) is 0 Å². The predicted octanol–water partition coefficient (Wildman–Crippen LogP) is 2.40. The predicted molar refractivity (Wildman–Crippen MR) is 44.9 cm³/mol. The number of hydrogen-bond acceptors (Lipinski definition) is 1. The Morgan fingerprint density at radius 2 is 2.40 bits per heavy atom. The SMILES string of the molecule is CCC1=C(C)C=C(Cl)CN1. The van der Waals surface area contributed by atoms with Crippen LogP contribution in [-0.2, 0) is 0 Å². The van der Waals surface area contributed by atoms with Crippen LogP contribution in [0, 0.1) is 0 Å². The van der Waals surface area contributed by atoms with E-state index in [-0.39, 0.29) is 0 Å². The fourth-order valence-electron chi connectivity index (χ4n) is 1.11. The maximum atomic E-state index is 5.80. The molecular weight excluding hydrogens is 146 g/mol. The van der Waals surface area contributed by atoms with Crippen LogP contribution in [0.15, 0.2) is 22.4 Å². The highest BCUT2D eigenvalue weighted by atomic mass is 35.5. The maximum Gasteiger partial charge on any atom is 0.0505 e. The largest absolute Gasteiger partial charge is 0.383 e. The molecule has 0 atom stereocenters. The van der Waals surface area contributed by atoms with Crippen molar-refractivity contribution in [2.45, 2.75) is 20.3 Å². The second-order valence-electron chi connectivity index (χ2n) is 2.46. The van der Waals surface area contributed by atoms with Gasteiger partial charge in [-0.1, -0.05) is 18.5 Å². The van der Waals surface area contributed by atoms with Gasteiger partial charge in [-0.2, -0.15) is 0 Å². The molecule has 1 aliphatic heterocycles. The monoisotopic (exact) mass is 157 g/mol. The average Bonchev–Trinajstić information content (AvgIpc) is 1.88. The Bertz CT molecular complexity index is 191. The quantitative estimate of drug-likeness (QED) is 0.617. The van der Waals surface area contributed by atoms with Gasteiger partial charge in [0.2, 0.25) is 0 Å². The zero-order valence-electron chi connectivity index (χ0n) is 6.37. The molecule has 0 saturated heterocycles. The van der Waals surface area contributed by atoms with E-state index >= 15 is 0 Å². The molecule has 10 heavy (non-hydrogen) atoms. The van der Waals surface area contributed by atoms with Crippen LogP contribution in [0.2, 0.25) is 0 Å². The Labute approximate surface area is 66.8 Å². The van der Waals surface area contributed by atoms with E-state index in [1.165, 1.54) is 11.3 Å². The van der Waals surface area contributed by atoms with Crippen LogP contribution >= 0.6 is 11.6 Å². The summed E-state index contributed by atoms with van der Waals surface area (Å²) in [5.41, 5.74) is 2.57. The van der Waals surface area contributed by atoms with E-state index in [1.54, 1.807) is 0 Å². The highest BCUT2D eigenvalue weighted by Crippen LogP contribution is 2.16. The molecule has 1 heterocycles. The molecule has 0 unspecified atom stereocenters. The van der Waals surface area contributed by atoms with E-state index in [9.17, 15) is 0 Å². The van der Waals surface area contributed by atoms with E-state index in [0.29, 0.717) is 0 Å². The first-order valence-electron chi connectivity index (χ1n) is 3.53. The lowest BCUT2D eigenvalue weighted by Gasteiger charge is -2.15. The highest BCUT2D eigenvalue weighted by molar-refractivity contribution is 6.30. The van der Waals surface area contributed by atoms with Gasteiger partial charge in [-0.05, 0) is 25.0 Å². The van der Waals surface area contributed by atoms with Crippen molar-refractivity contribution in [2.24, 2.45) is 0 Å². The van der Waals surface area contributed by atoms with Gasteiger partial charge in [-0.15, -0.1) is 0 Å². The normalized spacial score (nSPS) is 18.5. The summed E-state index contributed by atoms with van der Waals surface area (Å²) in [5.74, 6) is 0. The molecule has 56 valence electrons. The first kappa shape index (κ1) is 7.67. The minimum Gasteiger partial charge on any atom is -0.383 e. The molecule has 0 aromatic carbocycles. The lowest BCUT2D eigenvalue weighted by atomic mass is 10.1. The van der Waals surface area contributed by atoms with Crippen molar-refractivity contribution in [3.05, 3.63) is 22.4 Å². The summed E-state index contributed by atoms with van der Waals surface area (Å²) >= 11 is 5.80. The third-order valence-electron chi connectivity index (χ3n) is 1.67. The summed E-state index contributed by atoms with van der Waals surface area (Å²) in [6.45, 7) is 5.01. The Kier molecular flexibility index (Phi) is 2.39. The summed E-state index contributed by atoms with van der Waals surface area (Å²) < 4.78 is 0. The van der Waals surface area contributed by atoms with Crippen LogP contribution in [0.1, 0.15) is 20.3 Å². The maximum absolute atomic E-state index is 5.80. The van der Waals surface area contributed by atoms with Crippen molar-refractivity contribution >= 4 is 11.6 Å². The topological polar surface area (TPSA) is 12.0 Å². The van der Waals surface area contributed by atoms with E-state index < -0.39 is 0 Å². The molecule has 2 heteroatoms. The van der Waals surface area contributed by atoms with Crippen molar-refractivity contribution < 1.29 is 0 Å². The molecule has 0 spiro atoms. The summed E-state index contributed by atoms with van der Waals surface area (Å²) in [6, 6.07) is 0. The number of nitrogens with one attached hydrogen (secondary N) is 1. The number of rotatable bonds is 1. The third-order valence-corrected chi connectivity index (χ3v) is 1.92. The van der Waals surface area contributed by atoms with Crippen LogP contribution in [0.3, 0.4) is 0 Å². The average molecular weight is 158 g/mol. The summed E-state index contributed by atoms with van der Waals surface area (Å²) in [7, 11) is 0. The van der Waals surface area contributed by atoms with Gasteiger partial charge in [-0.3, -0.25) is 0 Å². The first-order valence-corrected chi connectivity index (χ1v) is 3.91. The molecule has 1 aliphatic rings. The molecule has 0 radical (unpaired) electrons. The van der Waals surface area contributed by atoms with Crippen LogP contribution < -0.4 is 5.32 Å². The lowest BCUT2D eigenvalue weighted by molar-refractivity contribution is 0.808. The molecule has 0 bridgehead atoms. The smallest absolute Gasteiger partial charge is 0.0505 e. The first-order chi connectivity index (χ1) is 4.74. The Morgan fingerprint density at radius 3 is 2.90 bits per heavy atom. The summed E-state index contributed by atoms with van der Waals surface area (Å²) in [4.78, 5) is 0. The Morgan fingerprint density at radius 1 is 1.70 bits per heavy atom. The standard InChI is InChI=1S/C8H12ClN/c1-3-8-6(2)4-7(9)5-10-8/h4,10H,3,5H2,1-2H3. The summed E-state index contributed by atoms with van der Waals surface area (Å²) in [6.07, 6.45) is 3.09. The molecule has 0 aromatic heterocycles. The van der Waals surface area contributed by atoms with Crippen LogP contribution in [0.4, 0.5) is 0 Å². The molecule has 1 nitrogen and oxygen atoms in total. The van der Waals surface area contributed by atoms with Gasteiger partial charge in [-0.25, -0.2) is 0 Å². The van der Waals surface area contributed by atoms with Gasteiger partial charge < -0.3 is 5.32 Å². The van der Waals surface area contributed by atoms with Gasteiger partial charge in [0.25, 0.3) is 0 Å². The fraction of sp³-hybridized carbons (Fsp3) is 0.500. The Balaban J connectivity index is 2.80. The van der Waals surface area contributed by atoms with E-state index in [2.05, 4.69) is 19.2 Å². The van der Waals surface area contributed by atoms with Gasteiger partial charge >= 0.3 is 0 Å². The molecular formula is C8H12ClN. The van der Waals surface area contributed by atoms with E-state index in [0.717, 1.165) is 18.0 Å². The Hall–Kier alpha value is -0.430. The van der Waals surface area contributed by atoms with Gasteiger partial charge in [0, 0.05) is 10.7 Å². The fourth-order valence-corrected chi connectivity index (χ4v) is 1.34. The minimum absolute atomic E-state index is 0.794. The molecule has 0 aliphatic carbocycles. The number of hydrogen-bond donors (Lipinski definition) is 1. The van der Waals surface area contributed by atoms with Crippen LogP contribution in [0.25, 0.3) is 0 Å².